The van der Waals surface area contributed by atoms with Crippen molar-refractivity contribution in [1.82, 2.24) is 20.4 Å². The van der Waals surface area contributed by atoms with Gasteiger partial charge in [0.1, 0.15) is 17.3 Å². The lowest BCUT2D eigenvalue weighted by atomic mass is 9.94. The van der Waals surface area contributed by atoms with Crippen molar-refractivity contribution in [3.8, 4) is 17.1 Å². The van der Waals surface area contributed by atoms with Crippen LogP contribution in [0.5, 0.6) is 5.75 Å². The summed E-state index contributed by atoms with van der Waals surface area (Å²) in [7, 11) is 1.60. The predicted octanol–water partition coefficient (Wildman–Crippen LogP) is 5.34. The van der Waals surface area contributed by atoms with Crippen molar-refractivity contribution in [2.24, 2.45) is 0 Å². The number of aromatic nitrogens is 2. The minimum atomic E-state index is -0.477. The SMILES string of the molecule is COc1cccc(-c2noc(C3=C(C)N(Cc4ccco4)C(=S)NC3c3cccc(F)c3)n2)c1. The summed E-state index contributed by atoms with van der Waals surface area (Å²) in [5, 5.41) is 7.99. The second-order valence-electron chi connectivity index (χ2n) is 7.76. The molecule has 3 heterocycles. The summed E-state index contributed by atoms with van der Waals surface area (Å²) in [6, 6.07) is 17.0. The lowest BCUT2D eigenvalue weighted by Gasteiger charge is -2.37. The molecule has 0 bridgehead atoms. The molecule has 0 aliphatic carbocycles. The van der Waals surface area contributed by atoms with Crippen LogP contribution >= 0.6 is 12.2 Å². The Bertz CT molecular complexity index is 1370. The third-order valence-electron chi connectivity index (χ3n) is 5.66. The van der Waals surface area contributed by atoms with Crippen molar-refractivity contribution in [3.63, 3.8) is 0 Å². The zero-order chi connectivity index (χ0) is 23.7. The van der Waals surface area contributed by atoms with E-state index in [-0.39, 0.29) is 5.82 Å². The van der Waals surface area contributed by atoms with Crippen LogP contribution in [0.25, 0.3) is 17.0 Å². The van der Waals surface area contributed by atoms with E-state index in [0.717, 1.165) is 17.0 Å². The maximum atomic E-state index is 14.1. The van der Waals surface area contributed by atoms with E-state index < -0.39 is 6.04 Å². The molecule has 9 heteroatoms. The summed E-state index contributed by atoms with van der Waals surface area (Å²) in [5.74, 6) is 1.81. The molecule has 1 unspecified atom stereocenters. The van der Waals surface area contributed by atoms with Gasteiger partial charge in [0.05, 0.1) is 31.5 Å². The average Bonchev–Trinajstić information content (AvgIpc) is 3.54. The Morgan fingerprint density at radius 3 is 2.76 bits per heavy atom. The van der Waals surface area contributed by atoms with Gasteiger partial charge >= 0.3 is 0 Å². The molecular weight excluding hydrogens is 455 g/mol. The highest BCUT2D eigenvalue weighted by Gasteiger charge is 2.34. The van der Waals surface area contributed by atoms with Gasteiger partial charge in [0, 0.05) is 11.3 Å². The van der Waals surface area contributed by atoms with E-state index in [2.05, 4.69) is 15.5 Å². The highest BCUT2D eigenvalue weighted by molar-refractivity contribution is 7.80. The van der Waals surface area contributed by atoms with Crippen LogP contribution in [0.15, 0.2) is 81.6 Å². The largest absolute Gasteiger partial charge is 0.497 e. The van der Waals surface area contributed by atoms with Crippen molar-refractivity contribution >= 4 is 22.9 Å². The fourth-order valence-electron chi connectivity index (χ4n) is 3.96. The lowest BCUT2D eigenvalue weighted by Crippen LogP contribution is -2.45. The molecule has 0 spiro atoms. The maximum Gasteiger partial charge on any atom is 0.258 e. The van der Waals surface area contributed by atoms with Crippen LogP contribution < -0.4 is 10.1 Å². The molecule has 1 atom stereocenters. The molecular formula is C25H21FN4O3S. The smallest absolute Gasteiger partial charge is 0.258 e. The third-order valence-corrected chi connectivity index (χ3v) is 5.99. The predicted molar refractivity (Wildman–Crippen MR) is 128 cm³/mol. The number of hydrogen-bond acceptors (Lipinski definition) is 6. The number of hydrogen-bond donors (Lipinski definition) is 1. The van der Waals surface area contributed by atoms with Gasteiger partial charge in [0.25, 0.3) is 5.89 Å². The van der Waals surface area contributed by atoms with Crippen molar-refractivity contribution < 1.29 is 18.1 Å². The monoisotopic (exact) mass is 476 g/mol. The Hall–Kier alpha value is -3.98. The van der Waals surface area contributed by atoms with Crippen LogP contribution in [0.1, 0.15) is 30.2 Å². The molecule has 0 saturated heterocycles. The van der Waals surface area contributed by atoms with Gasteiger partial charge in [-0.1, -0.05) is 29.4 Å². The summed E-state index contributed by atoms with van der Waals surface area (Å²) in [6.07, 6.45) is 1.61. The highest BCUT2D eigenvalue weighted by atomic mass is 32.1. The Labute approximate surface area is 200 Å². The molecule has 0 radical (unpaired) electrons. The number of furan rings is 1. The second kappa shape index (κ2) is 9.11. The first-order valence-corrected chi connectivity index (χ1v) is 11.0. The van der Waals surface area contributed by atoms with Crippen molar-refractivity contribution in [1.29, 1.82) is 0 Å². The highest BCUT2D eigenvalue weighted by Crippen LogP contribution is 2.38. The topological polar surface area (TPSA) is 76.6 Å². The summed E-state index contributed by atoms with van der Waals surface area (Å²) in [5.41, 5.74) is 2.94. The van der Waals surface area contributed by atoms with E-state index in [1.165, 1.54) is 12.1 Å². The van der Waals surface area contributed by atoms with Crippen LogP contribution in [-0.4, -0.2) is 27.3 Å². The quantitative estimate of drug-likeness (QED) is 0.374. The third kappa shape index (κ3) is 4.17. The molecule has 1 aliphatic rings. The number of methoxy groups -OCH3 is 1. The second-order valence-corrected chi connectivity index (χ2v) is 8.14. The Balaban J connectivity index is 1.60. The summed E-state index contributed by atoms with van der Waals surface area (Å²) >= 11 is 5.66. The number of benzene rings is 2. The van der Waals surface area contributed by atoms with E-state index >= 15 is 0 Å². The molecule has 1 N–H and O–H groups in total. The van der Waals surface area contributed by atoms with Gasteiger partial charge in [-0.2, -0.15) is 4.98 Å². The zero-order valence-electron chi connectivity index (χ0n) is 18.5. The summed E-state index contributed by atoms with van der Waals surface area (Å²) in [6.45, 7) is 2.34. The molecule has 1 aliphatic heterocycles. The van der Waals surface area contributed by atoms with Gasteiger partial charge in [-0.15, -0.1) is 0 Å². The molecule has 7 nitrogen and oxygen atoms in total. The van der Waals surface area contributed by atoms with Gasteiger partial charge in [-0.3, -0.25) is 0 Å². The Kier molecular flexibility index (Phi) is 5.85. The first kappa shape index (κ1) is 21.8. The standard InChI is InChI=1S/C25H21FN4O3S/c1-15-21(24-28-23(29-33-24)17-7-4-9-19(13-17)31-2)22(16-6-3-8-18(26)12-16)27-25(34)30(15)14-20-10-5-11-32-20/h3-13,22H,14H2,1-2H3,(H,27,34). The molecule has 5 rings (SSSR count). The number of thiocarbonyl (C=S) groups is 1. The van der Waals surface area contributed by atoms with Gasteiger partial charge < -0.3 is 23.9 Å². The van der Waals surface area contributed by atoms with Crippen LogP contribution in [0.4, 0.5) is 4.39 Å². The van der Waals surface area contributed by atoms with Crippen LogP contribution in [0.3, 0.4) is 0 Å². The molecule has 2 aromatic carbocycles. The number of rotatable bonds is 6. The molecule has 172 valence electrons. The summed E-state index contributed by atoms with van der Waals surface area (Å²) < 4.78 is 30.7. The minimum absolute atomic E-state index is 0.309. The average molecular weight is 477 g/mol. The summed E-state index contributed by atoms with van der Waals surface area (Å²) in [4.78, 5) is 6.56. The van der Waals surface area contributed by atoms with E-state index in [1.807, 2.05) is 54.3 Å². The van der Waals surface area contributed by atoms with Gasteiger partial charge in [-0.25, -0.2) is 4.39 Å². The number of nitrogens with zero attached hydrogens (tertiary/aromatic N) is 3. The van der Waals surface area contributed by atoms with Gasteiger partial charge in [-0.05, 0) is 61.1 Å². The van der Waals surface area contributed by atoms with Crippen LogP contribution in [-0.2, 0) is 6.54 Å². The van der Waals surface area contributed by atoms with E-state index in [9.17, 15) is 4.39 Å². The Morgan fingerprint density at radius 1 is 1.15 bits per heavy atom. The molecule has 0 amide bonds. The van der Waals surface area contributed by atoms with Gasteiger partial charge in [0.15, 0.2) is 5.11 Å². The fourth-order valence-corrected chi connectivity index (χ4v) is 4.27. The Morgan fingerprint density at radius 2 is 2.00 bits per heavy atom. The van der Waals surface area contributed by atoms with Crippen molar-refractivity contribution in [3.05, 3.63) is 95.7 Å². The van der Waals surface area contributed by atoms with Gasteiger partial charge in [0.2, 0.25) is 5.82 Å². The van der Waals surface area contributed by atoms with Crippen LogP contribution in [0.2, 0.25) is 0 Å². The van der Waals surface area contributed by atoms with Crippen molar-refractivity contribution in [2.45, 2.75) is 19.5 Å². The van der Waals surface area contributed by atoms with E-state index in [0.29, 0.717) is 40.3 Å². The van der Waals surface area contributed by atoms with E-state index in [1.54, 1.807) is 19.4 Å². The minimum Gasteiger partial charge on any atom is -0.497 e. The number of allylic oxidation sites excluding steroid dienone is 1. The molecule has 4 aromatic rings. The molecule has 2 aromatic heterocycles. The molecule has 0 saturated carbocycles. The number of halogens is 1. The van der Waals surface area contributed by atoms with Crippen molar-refractivity contribution in [2.75, 3.05) is 7.11 Å². The lowest BCUT2D eigenvalue weighted by molar-refractivity contribution is 0.382. The normalized spacial score (nSPS) is 16.0. The molecule has 34 heavy (non-hydrogen) atoms. The maximum absolute atomic E-state index is 14.1. The fraction of sp³-hybridized carbons (Fsp3) is 0.160. The first-order chi connectivity index (χ1) is 16.5. The zero-order valence-corrected chi connectivity index (χ0v) is 19.3. The van der Waals surface area contributed by atoms with E-state index in [4.69, 9.17) is 25.9 Å². The van der Waals surface area contributed by atoms with Crippen LogP contribution in [0, 0.1) is 5.82 Å². The number of ether oxygens (including phenoxy) is 1. The number of nitrogens with one attached hydrogen (secondary N) is 1. The molecule has 0 fully saturated rings. The first-order valence-electron chi connectivity index (χ1n) is 10.6.